The molecule has 0 aliphatic carbocycles. The molecule has 25 heavy (non-hydrogen) atoms. The van der Waals surface area contributed by atoms with Crippen LogP contribution in [0.1, 0.15) is 11.1 Å². The Balaban J connectivity index is 2.09. The Bertz CT molecular complexity index is 695. The van der Waals surface area contributed by atoms with E-state index < -0.39 is 0 Å². The second-order valence-corrected chi connectivity index (χ2v) is 6.36. The van der Waals surface area contributed by atoms with Gasteiger partial charge in [-0.1, -0.05) is 29.8 Å². The topological polar surface area (TPSA) is 33.7 Å². The van der Waals surface area contributed by atoms with Crippen LogP contribution in [0.2, 0.25) is 5.02 Å². The average molecular weight is 367 g/mol. The largest absolute Gasteiger partial charge is 0.493 e. The first-order valence-corrected chi connectivity index (χ1v) is 8.47. The van der Waals surface area contributed by atoms with Crippen LogP contribution in [-0.4, -0.2) is 39.2 Å². The lowest BCUT2D eigenvalue weighted by molar-refractivity contribution is 0.280. The minimum absolute atomic E-state index is 0.240. The molecule has 0 aliphatic rings. The highest BCUT2D eigenvalue weighted by atomic mass is 35.5. The summed E-state index contributed by atoms with van der Waals surface area (Å²) < 4.78 is 24.5. The summed E-state index contributed by atoms with van der Waals surface area (Å²) in [6.07, 6.45) is 0. The molecule has 1 N–H and O–H groups in total. The fourth-order valence-electron chi connectivity index (χ4n) is 2.34. The van der Waals surface area contributed by atoms with E-state index in [1.54, 1.807) is 13.2 Å². The summed E-state index contributed by atoms with van der Waals surface area (Å²) >= 11 is 6.07. The van der Waals surface area contributed by atoms with Gasteiger partial charge in [-0.2, -0.15) is 0 Å². The van der Waals surface area contributed by atoms with Crippen molar-refractivity contribution < 1.29 is 13.9 Å². The summed E-state index contributed by atoms with van der Waals surface area (Å²) in [7, 11) is 5.68. The quantitative estimate of drug-likeness (QED) is 0.686. The molecule has 0 bridgehead atoms. The highest BCUT2D eigenvalue weighted by Gasteiger charge is 2.12. The van der Waals surface area contributed by atoms with Crippen molar-refractivity contribution in [2.24, 2.45) is 0 Å². The van der Waals surface area contributed by atoms with E-state index in [1.165, 1.54) is 12.1 Å². The minimum Gasteiger partial charge on any atom is -0.493 e. The zero-order valence-electron chi connectivity index (χ0n) is 14.8. The van der Waals surface area contributed by atoms with Crippen LogP contribution >= 0.6 is 11.6 Å². The van der Waals surface area contributed by atoms with Gasteiger partial charge in [0.25, 0.3) is 0 Å². The predicted molar refractivity (Wildman–Crippen MR) is 99.0 cm³/mol. The molecule has 0 spiro atoms. The van der Waals surface area contributed by atoms with Gasteiger partial charge in [-0.25, -0.2) is 4.39 Å². The van der Waals surface area contributed by atoms with Crippen molar-refractivity contribution in [1.82, 2.24) is 10.2 Å². The smallest absolute Gasteiger partial charge is 0.166 e. The van der Waals surface area contributed by atoms with E-state index in [2.05, 4.69) is 10.2 Å². The molecule has 0 aromatic heterocycles. The van der Waals surface area contributed by atoms with Crippen LogP contribution in [-0.2, 0) is 13.2 Å². The minimum atomic E-state index is -0.364. The first-order chi connectivity index (χ1) is 12.0. The van der Waals surface area contributed by atoms with Crippen molar-refractivity contribution in [3.63, 3.8) is 0 Å². The Morgan fingerprint density at radius 2 is 1.96 bits per heavy atom. The van der Waals surface area contributed by atoms with E-state index >= 15 is 0 Å². The number of para-hydroxylation sites is 1. The summed E-state index contributed by atoms with van der Waals surface area (Å²) in [6, 6.07) is 10.1. The molecule has 2 aromatic carbocycles. The van der Waals surface area contributed by atoms with Crippen molar-refractivity contribution in [2.75, 3.05) is 34.3 Å². The van der Waals surface area contributed by atoms with Crippen LogP contribution in [0.3, 0.4) is 0 Å². The summed E-state index contributed by atoms with van der Waals surface area (Å²) in [5, 5.41) is 3.74. The van der Waals surface area contributed by atoms with Crippen molar-refractivity contribution in [1.29, 1.82) is 0 Å². The molecule has 0 saturated carbocycles. The number of benzene rings is 2. The Labute approximate surface area is 153 Å². The molecule has 4 nitrogen and oxygen atoms in total. The van der Waals surface area contributed by atoms with E-state index in [9.17, 15) is 4.39 Å². The zero-order valence-corrected chi connectivity index (χ0v) is 15.6. The molecule has 0 fully saturated rings. The molecule has 0 amide bonds. The van der Waals surface area contributed by atoms with Crippen LogP contribution in [0.5, 0.6) is 11.5 Å². The molecule has 0 aliphatic heterocycles. The van der Waals surface area contributed by atoms with Gasteiger partial charge in [-0.15, -0.1) is 0 Å². The van der Waals surface area contributed by atoms with Crippen LogP contribution in [0.15, 0.2) is 36.4 Å². The normalized spacial score (nSPS) is 11.0. The number of hydrogen-bond acceptors (Lipinski definition) is 4. The number of hydrogen-bond donors (Lipinski definition) is 1. The van der Waals surface area contributed by atoms with E-state index in [-0.39, 0.29) is 12.4 Å². The lowest BCUT2D eigenvalue weighted by atomic mass is 10.1. The number of nitrogens with zero attached hydrogens (tertiary/aromatic N) is 1. The third kappa shape index (κ3) is 5.88. The lowest BCUT2D eigenvalue weighted by Crippen LogP contribution is -2.26. The number of likely N-dealkylation sites (N-methyl/N-ethyl adjacent to an activating group) is 1. The van der Waals surface area contributed by atoms with Gasteiger partial charge in [0.15, 0.2) is 11.5 Å². The van der Waals surface area contributed by atoms with E-state index in [0.717, 1.165) is 24.2 Å². The SMILES string of the molecule is COc1cccc(CNCCN(C)C)c1OCc1ccc(F)cc1Cl. The van der Waals surface area contributed by atoms with Crippen molar-refractivity contribution in [3.8, 4) is 11.5 Å². The Morgan fingerprint density at radius 1 is 1.16 bits per heavy atom. The molecule has 0 radical (unpaired) electrons. The van der Waals surface area contributed by atoms with Crippen molar-refractivity contribution in [2.45, 2.75) is 13.2 Å². The summed E-state index contributed by atoms with van der Waals surface area (Å²) in [4.78, 5) is 2.12. The molecule has 0 unspecified atom stereocenters. The van der Waals surface area contributed by atoms with Gasteiger partial charge in [0, 0.05) is 30.8 Å². The summed E-state index contributed by atoms with van der Waals surface area (Å²) in [5.74, 6) is 0.963. The van der Waals surface area contributed by atoms with Gasteiger partial charge >= 0.3 is 0 Å². The number of ether oxygens (including phenoxy) is 2. The number of halogens is 2. The second kappa shape index (κ2) is 9.61. The monoisotopic (exact) mass is 366 g/mol. The summed E-state index contributed by atoms with van der Waals surface area (Å²) in [6.45, 7) is 2.72. The first kappa shape index (κ1) is 19.5. The van der Waals surface area contributed by atoms with Crippen molar-refractivity contribution >= 4 is 11.6 Å². The molecule has 0 heterocycles. The first-order valence-electron chi connectivity index (χ1n) is 8.09. The highest BCUT2D eigenvalue weighted by Crippen LogP contribution is 2.32. The van der Waals surface area contributed by atoms with E-state index in [4.69, 9.17) is 21.1 Å². The Hall–Kier alpha value is -1.82. The average Bonchev–Trinajstić information content (AvgIpc) is 2.58. The fourth-order valence-corrected chi connectivity index (χ4v) is 2.56. The van der Waals surface area contributed by atoms with Crippen molar-refractivity contribution in [3.05, 3.63) is 58.4 Å². The van der Waals surface area contributed by atoms with Crippen LogP contribution < -0.4 is 14.8 Å². The van der Waals surface area contributed by atoms with E-state index in [0.29, 0.717) is 23.1 Å². The standard InChI is InChI=1S/C19H24ClFN2O2/c1-23(2)10-9-22-12-14-5-4-6-18(24-3)19(14)25-13-15-7-8-16(21)11-17(15)20/h4-8,11,22H,9-10,12-13H2,1-3H3. The molecule has 136 valence electrons. The Morgan fingerprint density at radius 3 is 2.64 bits per heavy atom. The van der Waals surface area contributed by atoms with Crippen LogP contribution in [0.4, 0.5) is 4.39 Å². The maximum absolute atomic E-state index is 13.2. The molecular formula is C19H24ClFN2O2. The van der Waals surface area contributed by atoms with Gasteiger partial charge in [0.2, 0.25) is 0 Å². The number of nitrogens with one attached hydrogen (secondary N) is 1. The fraction of sp³-hybridized carbons (Fsp3) is 0.368. The van der Waals surface area contributed by atoms with Crippen LogP contribution in [0.25, 0.3) is 0 Å². The number of rotatable bonds is 9. The maximum atomic E-state index is 13.2. The third-order valence-corrected chi connectivity index (χ3v) is 4.07. The zero-order chi connectivity index (χ0) is 18.2. The predicted octanol–water partition coefficient (Wildman–Crippen LogP) is 3.72. The molecule has 6 heteroatoms. The van der Waals surface area contributed by atoms with Gasteiger partial charge < -0.3 is 19.7 Å². The van der Waals surface area contributed by atoms with Gasteiger partial charge in [-0.05, 0) is 32.3 Å². The third-order valence-electron chi connectivity index (χ3n) is 3.72. The van der Waals surface area contributed by atoms with Gasteiger partial charge in [0.1, 0.15) is 12.4 Å². The lowest BCUT2D eigenvalue weighted by Gasteiger charge is -2.17. The van der Waals surface area contributed by atoms with Gasteiger partial charge in [0.05, 0.1) is 12.1 Å². The molecule has 0 saturated heterocycles. The molecule has 2 rings (SSSR count). The Kier molecular flexibility index (Phi) is 7.50. The number of methoxy groups -OCH3 is 1. The second-order valence-electron chi connectivity index (χ2n) is 5.95. The van der Waals surface area contributed by atoms with Gasteiger partial charge in [-0.3, -0.25) is 0 Å². The molecular weight excluding hydrogens is 343 g/mol. The maximum Gasteiger partial charge on any atom is 0.166 e. The molecule has 2 aromatic rings. The van der Waals surface area contributed by atoms with Crippen LogP contribution in [0, 0.1) is 5.82 Å². The molecule has 0 atom stereocenters. The summed E-state index contributed by atoms with van der Waals surface area (Å²) in [5.41, 5.74) is 1.72. The highest BCUT2D eigenvalue weighted by molar-refractivity contribution is 6.31. The van der Waals surface area contributed by atoms with E-state index in [1.807, 2.05) is 32.3 Å².